The van der Waals surface area contributed by atoms with Gasteiger partial charge in [-0.15, -0.1) is 11.3 Å². The van der Waals surface area contributed by atoms with Gasteiger partial charge in [0, 0.05) is 37.3 Å². The second-order valence-corrected chi connectivity index (χ2v) is 9.18. The van der Waals surface area contributed by atoms with Crippen LogP contribution in [0.2, 0.25) is 0 Å². The number of fused-ring (bicyclic) bond motifs is 1. The fourth-order valence-electron chi connectivity index (χ4n) is 2.74. The van der Waals surface area contributed by atoms with Gasteiger partial charge in [0.15, 0.2) is 5.13 Å². The van der Waals surface area contributed by atoms with E-state index in [2.05, 4.69) is 18.6 Å². The third-order valence-electron chi connectivity index (χ3n) is 3.99. The maximum Gasteiger partial charge on any atom is 0.245 e. The molecule has 7 nitrogen and oxygen atoms in total. The molecule has 0 N–H and O–H groups in total. The maximum atomic E-state index is 13.0. The molecule has 1 saturated heterocycles. The molecule has 2 aliphatic rings. The fourth-order valence-corrected chi connectivity index (χ4v) is 5.72. The van der Waals surface area contributed by atoms with E-state index in [0.717, 1.165) is 21.4 Å². The summed E-state index contributed by atoms with van der Waals surface area (Å²) < 4.78 is 35.8. The first-order chi connectivity index (χ1) is 11.6. The molecule has 1 aromatic heterocycles. The van der Waals surface area contributed by atoms with Gasteiger partial charge in [-0.05, 0) is 19.1 Å². The number of hydrogen-bond acceptors (Lipinski definition) is 7. The molecule has 0 bridgehead atoms. The summed E-state index contributed by atoms with van der Waals surface area (Å²) in [7, 11) is -3.57. The van der Waals surface area contributed by atoms with E-state index in [1.54, 1.807) is 29.5 Å². The van der Waals surface area contributed by atoms with Crippen LogP contribution in [0.15, 0.2) is 38.0 Å². The number of sulfonamides is 1. The molecule has 24 heavy (non-hydrogen) atoms. The van der Waals surface area contributed by atoms with Crippen LogP contribution in [0.3, 0.4) is 0 Å². The number of benzene rings is 1. The Kier molecular flexibility index (Phi) is 3.99. The standard InChI is InChI=1S/C14H15N5O2S3/c1-10-9-15-14(22-10)18-5-7-19(8-6-18)24(20,21)12-4-2-3-11-13(12)17-23-16-11/h2-4,9H,5-8H2,1H3. The highest BCUT2D eigenvalue weighted by Crippen LogP contribution is 2.38. The van der Waals surface area contributed by atoms with Gasteiger partial charge in [0.25, 0.3) is 0 Å². The molecule has 1 fully saturated rings. The quantitative estimate of drug-likeness (QED) is 0.699. The Labute approximate surface area is 147 Å². The molecular formula is C14H15N5O2S3. The number of thiazole rings is 1. The molecule has 0 spiro atoms. The molecule has 0 amide bonds. The van der Waals surface area contributed by atoms with E-state index < -0.39 is 10.0 Å². The minimum absolute atomic E-state index is 0.243. The van der Waals surface area contributed by atoms with Crippen molar-refractivity contribution < 1.29 is 8.42 Å². The van der Waals surface area contributed by atoms with Crippen LogP contribution < -0.4 is 4.90 Å². The number of aromatic nitrogens is 1. The molecule has 126 valence electrons. The van der Waals surface area contributed by atoms with E-state index in [1.807, 2.05) is 13.1 Å². The Morgan fingerprint density at radius 3 is 2.62 bits per heavy atom. The smallest absolute Gasteiger partial charge is 0.245 e. The van der Waals surface area contributed by atoms with Gasteiger partial charge in [-0.25, -0.2) is 13.4 Å². The molecule has 3 heterocycles. The monoisotopic (exact) mass is 381 g/mol. The first-order valence-corrected chi connectivity index (χ1v) is 10.4. The Balaban J connectivity index is 1.55. The average Bonchev–Trinajstić information content (AvgIpc) is 3.23. The molecule has 4 rings (SSSR count). The van der Waals surface area contributed by atoms with Crippen LogP contribution in [0.25, 0.3) is 0 Å². The summed E-state index contributed by atoms with van der Waals surface area (Å²) in [5, 5.41) is 0.954. The molecule has 10 heteroatoms. The third kappa shape index (κ3) is 2.69. The summed E-state index contributed by atoms with van der Waals surface area (Å²) in [6.07, 6.45) is 1.85. The van der Waals surface area contributed by atoms with Crippen molar-refractivity contribution in [2.75, 3.05) is 31.1 Å². The van der Waals surface area contributed by atoms with E-state index in [-0.39, 0.29) is 4.90 Å². The lowest BCUT2D eigenvalue weighted by Crippen LogP contribution is -2.48. The molecule has 2 aliphatic heterocycles. The lowest BCUT2D eigenvalue weighted by Gasteiger charge is -2.33. The summed E-state index contributed by atoms with van der Waals surface area (Å²) >= 11 is 2.66. The number of hydrogen-bond donors (Lipinski definition) is 0. The van der Waals surface area contributed by atoms with Gasteiger partial charge in [0.1, 0.15) is 16.3 Å². The molecule has 0 aliphatic carbocycles. The fraction of sp³-hybridized carbons (Fsp3) is 0.357. The third-order valence-corrected chi connectivity index (χ3v) is 7.43. The molecule has 0 atom stereocenters. The molecule has 0 radical (unpaired) electrons. The Hall–Kier alpha value is -1.62. The van der Waals surface area contributed by atoms with Gasteiger partial charge in [-0.1, -0.05) is 6.07 Å². The second-order valence-electron chi connectivity index (χ2n) is 5.53. The number of rotatable bonds is 3. The average molecular weight is 382 g/mol. The van der Waals surface area contributed by atoms with E-state index in [1.165, 1.54) is 4.31 Å². The minimum Gasteiger partial charge on any atom is -0.345 e. The van der Waals surface area contributed by atoms with E-state index >= 15 is 0 Å². The van der Waals surface area contributed by atoms with Crippen molar-refractivity contribution in [3.63, 3.8) is 0 Å². The zero-order valence-electron chi connectivity index (χ0n) is 12.9. The molecule has 0 unspecified atom stereocenters. The van der Waals surface area contributed by atoms with E-state index in [9.17, 15) is 8.42 Å². The van der Waals surface area contributed by atoms with Crippen LogP contribution in [-0.2, 0) is 21.4 Å². The summed E-state index contributed by atoms with van der Waals surface area (Å²) in [6.45, 7) is 4.17. The predicted octanol–water partition coefficient (Wildman–Crippen LogP) is 2.69. The number of nitrogens with zero attached hydrogens (tertiary/aromatic N) is 5. The van der Waals surface area contributed by atoms with Crippen molar-refractivity contribution in [2.45, 2.75) is 11.8 Å². The van der Waals surface area contributed by atoms with Gasteiger partial charge in [0.2, 0.25) is 10.0 Å². The molecule has 2 aromatic rings. The van der Waals surface area contributed by atoms with Crippen molar-refractivity contribution in [1.29, 1.82) is 0 Å². The zero-order valence-corrected chi connectivity index (χ0v) is 15.4. The first kappa shape index (κ1) is 15.9. The highest BCUT2D eigenvalue weighted by Gasteiger charge is 2.32. The van der Waals surface area contributed by atoms with Crippen LogP contribution in [0, 0.1) is 6.92 Å². The molecular weight excluding hydrogens is 366 g/mol. The highest BCUT2D eigenvalue weighted by molar-refractivity contribution is 7.89. The number of aryl methyl sites for hydroxylation is 1. The van der Waals surface area contributed by atoms with Crippen molar-refractivity contribution in [2.24, 2.45) is 8.73 Å². The van der Waals surface area contributed by atoms with Crippen LogP contribution in [0.5, 0.6) is 0 Å². The van der Waals surface area contributed by atoms with Crippen molar-refractivity contribution >= 4 is 49.2 Å². The minimum atomic E-state index is -3.57. The molecule has 0 saturated carbocycles. The highest BCUT2D eigenvalue weighted by atomic mass is 32.2. The number of anilines is 1. The van der Waals surface area contributed by atoms with Gasteiger partial charge in [0.05, 0.1) is 11.4 Å². The summed E-state index contributed by atoms with van der Waals surface area (Å²) in [5.74, 6) is 0. The summed E-state index contributed by atoms with van der Waals surface area (Å²) in [6, 6.07) is 5.10. The normalized spacial score (nSPS) is 17.8. The lowest BCUT2D eigenvalue weighted by atomic mass is 10.3. The van der Waals surface area contributed by atoms with Crippen LogP contribution in [0.4, 0.5) is 16.5 Å². The van der Waals surface area contributed by atoms with Crippen molar-refractivity contribution in [3.05, 3.63) is 29.3 Å². The van der Waals surface area contributed by atoms with Crippen molar-refractivity contribution in [1.82, 2.24) is 9.29 Å². The Bertz CT molecular complexity index is 955. The first-order valence-electron chi connectivity index (χ1n) is 7.44. The van der Waals surface area contributed by atoms with Crippen LogP contribution in [0.1, 0.15) is 4.88 Å². The predicted molar refractivity (Wildman–Crippen MR) is 95.8 cm³/mol. The largest absolute Gasteiger partial charge is 0.345 e. The van der Waals surface area contributed by atoms with E-state index in [0.29, 0.717) is 37.6 Å². The Morgan fingerprint density at radius 2 is 1.92 bits per heavy atom. The van der Waals surface area contributed by atoms with Crippen molar-refractivity contribution in [3.8, 4) is 0 Å². The van der Waals surface area contributed by atoms with E-state index in [4.69, 9.17) is 0 Å². The number of piperazine rings is 1. The second kappa shape index (κ2) is 6.03. The van der Waals surface area contributed by atoms with Crippen LogP contribution in [-0.4, -0.2) is 43.9 Å². The van der Waals surface area contributed by atoms with Gasteiger partial charge < -0.3 is 4.90 Å². The Morgan fingerprint density at radius 1 is 1.12 bits per heavy atom. The lowest BCUT2D eigenvalue weighted by molar-refractivity contribution is 0.385. The summed E-state index contributed by atoms with van der Waals surface area (Å²) in [5.41, 5.74) is 1.08. The van der Waals surface area contributed by atoms with Gasteiger partial charge in [-0.2, -0.15) is 13.0 Å². The van der Waals surface area contributed by atoms with Crippen LogP contribution >= 0.6 is 11.3 Å². The summed E-state index contributed by atoms with van der Waals surface area (Å²) in [4.78, 5) is 7.91. The van der Waals surface area contributed by atoms with Gasteiger partial charge >= 0.3 is 0 Å². The topological polar surface area (TPSA) is 78.2 Å². The van der Waals surface area contributed by atoms with Gasteiger partial charge in [-0.3, -0.25) is 0 Å². The zero-order chi connectivity index (χ0) is 16.7. The maximum absolute atomic E-state index is 13.0. The molecule has 1 aromatic carbocycles. The SMILES string of the molecule is Cc1cnc(N2CCN(S(=O)(=O)c3cccc4c3N=S=N4)CC2)s1.